The monoisotopic (exact) mass is 334 g/mol. The van der Waals surface area contributed by atoms with Crippen LogP contribution in [0.2, 0.25) is 0 Å². The first-order chi connectivity index (χ1) is 12.2. The van der Waals surface area contributed by atoms with E-state index in [-0.39, 0.29) is 12.5 Å². The predicted molar refractivity (Wildman–Crippen MR) is 96.1 cm³/mol. The molecule has 0 bridgehead atoms. The third kappa shape index (κ3) is 5.07. The van der Waals surface area contributed by atoms with Gasteiger partial charge in [-0.1, -0.05) is 23.8 Å². The quantitative estimate of drug-likeness (QED) is 0.734. The fourth-order valence-corrected chi connectivity index (χ4v) is 2.11. The van der Waals surface area contributed by atoms with Crippen LogP contribution < -0.4 is 14.8 Å². The number of carbonyl (C=O) groups excluding carboxylic acids is 1. The summed E-state index contributed by atoms with van der Waals surface area (Å²) in [5.41, 5.74) is 1.18. The van der Waals surface area contributed by atoms with Crippen LogP contribution in [-0.4, -0.2) is 17.5 Å². The first-order valence-electron chi connectivity index (χ1n) is 7.87. The average molecular weight is 334 g/mol. The molecule has 1 amide bonds. The Morgan fingerprint density at radius 1 is 0.920 bits per heavy atom. The van der Waals surface area contributed by atoms with Gasteiger partial charge >= 0.3 is 0 Å². The van der Waals surface area contributed by atoms with Crippen molar-refractivity contribution >= 4 is 11.7 Å². The van der Waals surface area contributed by atoms with Gasteiger partial charge in [0.2, 0.25) is 0 Å². The molecule has 3 rings (SSSR count). The van der Waals surface area contributed by atoms with Crippen LogP contribution >= 0.6 is 0 Å². The van der Waals surface area contributed by atoms with Crippen LogP contribution in [0.15, 0.2) is 72.9 Å². The van der Waals surface area contributed by atoms with Crippen molar-refractivity contribution in [3.05, 3.63) is 78.5 Å². The Kier molecular flexibility index (Phi) is 5.26. The largest absolute Gasteiger partial charge is 0.484 e. The number of benzene rings is 2. The van der Waals surface area contributed by atoms with Crippen LogP contribution in [0.1, 0.15) is 5.56 Å². The van der Waals surface area contributed by atoms with E-state index in [0.717, 1.165) is 5.75 Å². The van der Waals surface area contributed by atoms with Gasteiger partial charge in [0.25, 0.3) is 5.91 Å². The molecule has 1 heterocycles. The van der Waals surface area contributed by atoms with Gasteiger partial charge in [0, 0.05) is 6.20 Å². The summed E-state index contributed by atoms with van der Waals surface area (Å²) < 4.78 is 11.2. The van der Waals surface area contributed by atoms with Gasteiger partial charge in [-0.15, -0.1) is 0 Å². The van der Waals surface area contributed by atoms with Crippen LogP contribution in [0.5, 0.6) is 17.2 Å². The molecule has 1 aromatic heterocycles. The number of anilines is 1. The molecule has 0 spiro atoms. The van der Waals surface area contributed by atoms with E-state index in [1.807, 2.05) is 31.2 Å². The number of nitrogens with zero attached hydrogens (tertiary/aromatic N) is 1. The van der Waals surface area contributed by atoms with Crippen molar-refractivity contribution in [2.45, 2.75) is 6.92 Å². The number of aromatic nitrogens is 1. The van der Waals surface area contributed by atoms with E-state index in [0.29, 0.717) is 17.3 Å². The maximum atomic E-state index is 11.8. The summed E-state index contributed by atoms with van der Waals surface area (Å²) in [4.78, 5) is 15.8. The minimum atomic E-state index is -0.265. The van der Waals surface area contributed by atoms with Crippen LogP contribution in [-0.2, 0) is 4.79 Å². The molecule has 5 nitrogen and oxygen atoms in total. The summed E-state index contributed by atoms with van der Waals surface area (Å²) in [5.74, 6) is 2.30. The van der Waals surface area contributed by atoms with Gasteiger partial charge in [-0.3, -0.25) is 4.79 Å². The first-order valence-corrected chi connectivity index (χ1v) is 7.87. The molecule has 126 valence electrons. The lowest BCUT2D eigenvalue weighted by molar-refractivity contribution is -0.118. The van der Waals surface area contributed by atoms with Crippen molar-refractivity contribution in [2.75, 3.05) is 11.9 Å². The first kappa shape index (κ1) is 16.5. The van der Waals surface area contributed by atoms with Gasteiger partial charge in [0.1, 0.15) is 23.1 Å². The zero-order chi connectivity index (χ0) is 17.5. The highest BCUT2D eigenvalue weighted by molar-refractivity contribution is 5.90. The molecular formula is C20H18N2O3. The summed E-state index contributed by atoms with van der Waals surface area (Å²) in [6, 6.07) is 20.2. The van der Waals surface area contributed by atoms with E-state index < -0.39 is 0 Å². The number of pyridine rings is 1. The van der Waals surface area contributed by atoms with Crippen LogP contribution in [0.3, 0.4) is 0 Å². The molecule has 2 aromatic carbocycles. The molecule has 5 heteroatoms. The van der Waals surface area contributed by atoms with Crippen LogP contribution in [0.25, 0.3) is 0 Å². The maximum absolute atomic E-state index is 11.8. The van der Waals surface area contributed by atoms with Gasteiger partial charge in [-0.2, -0.15) is 0 Å². The SMILES string of the molecule is Cc1ccc(Oc2ccc(OCC(=O)Nc3ccccn3)cc2)cc1. The molecule has 0 aliphatic rings. The lowest BCUT2D eigenvalue weighted by Gasteiger charge is -2.09. The van der Waals surface area contributed by atoms with E-state index in [1.54, 1.807) is 48.7 Å². The molecular weight excluding hydrogens is 316 g/mol. The van der Waals surface area contributed by atoms with Gasteiger partial charge in [0.15, 0.2) is 6.61 Å². The van der Waals surface area contributed by atoms with Gasteiger partial charge in [-0.05, 0) is 55.5 Å². The molecule has 0 fully saturated rings. The molecule has 0 atom stereocenters. The van der Waals surface area contributed by atoms with E-state index in [9.17, 15) is 4.79 Å². The second-order valence-corrected chi connectivity index (χ2v) is 5.44. The molecule has 1 N–H and O–H groups in total. The Bertz CT molecular complexity index is 816. The Balaban J connectivity index is 1.50. The number of carbonyl (C=O) groups is 1. The summed E-state index contributed by atoms with van der Waals surface area (Å²) in [7, 11) is 0. The van der Waals surface area contributed by atoms with Crippen molar-refractivity contribution in [1.29, 1.82) is 0 Å². The minimum Gasteiger partial charge on any atom is -0.484 e. The predicted octanol–water partition coefficient (Wildman–Crippen LogP) is 4.20. The molecule has 0 saturated heterocycles. The summed E-state index contributed by atoms with van der Waals surface area (Å²) >= 11 is 0. The Hall–Kier alpha value is -3.34. The third-order valence-corrected chi connectivity index (χ3v) is 3.38. The van der Waals surface area contributed by atoms with E-state index in [1.165, 1.54) is 5.56 Å². The number of amides is 1. The number of hydrogen-bond donors (Lipinski definition) is 1. The Morgan fingerprint density at radius 2 is 1.56 bits per heavy atom. The standard InChI is InChI=1S/C20H18N2O3/c1-15-5-7-17(8-6-15)25-18-11-9-16(10-12-18)24-14-20(23)22-19-4-2-3-13-21-19/h2-13H,14H2,1H3,(H,21,22,23). The molecule has 0 aliphatic carbocycles. The minimum absolute atomic E-state index is 0.0886. The van der Waals surface area contributed by atoms with Crippen LogP contribution in [0.4, 0.5) is 5.82 Å². The Morgan fingerprint density at radius 3 is 2.20 bits per heavy atom. The van der Waals surface area contributed by atoms with Crippen molar-refractivity contribution in [1.82, 2.24) is 4.98 Å². The molecule has 0 unspecified atom stereocenters. The number of rotatable bonds is 6. The molecule has 25 heavy (non-hydrogen) atoms. The van der Waals surface area contributed by atoms with E-state index in [2.05, 4.69) is 10.3 Å². The summed E-state index contributed by atoms with van der Waals surface area (Å²) in [5, 5.41) is 2.66. The third-order valence-electron chi connectivity index (χ3n) is 3.38. The zero-order valence-corrected chi connectivity index (χ0v) is 13.8. The molecule has 0 saturated carbocycles. The summed E-state index contributed by atoms with van der Waals surface area (Å²) in [6.45, 7) is 1.94. The molecule has 0 radical (unpaired) electrons. The second kappa shape index (κ2) is 7.97. The highest BCUT2D eigenvalue weighted by Gasteiger charge is 2.05. The van der Waals surface area contributed by atoms with Gasteiger partial charge in [0.05, 0.1) is 0 Å². The van der Waals surface area contributed by atoms with E-state index >= 15 is 0 Å². The lowest BCUT2D eigenvalue weighted by Crippen LogP contribution is -2.20. The molecule has 3 aromatic rings. The second-order valence-electron chi connectivity index (χ2n) is 5.44. The molecule has 0 aliphatic heterocycles. The average Bonchev–Trinajstić information content (AvgIpc) is 2.64. The highest BCUT2D eigenvalue weighted by atomic mass is 16.5. The summed E-state index contributed by atoms with van der Waals surface area (Å²) in [6.07, 6.45) is 1.61. The van der Waals surface area contributed by atoms with E-state index in [4.69, 9.17) is 9.47 Å². The lowest BCUT2D eigenvalue weighted by atomic mass is 10.2. The zero-order valence-electron chi connectivity index (χ0n) is 13.8. The fourth-order valence-electron chi connectivity index (χ4n) is 2.11. The normalized spacial score (nSPS) is 10.1. The van der Waals surface area contributed by atoms with Gasteiger partial charge in [-0.25, -0.2) is 4.98 Å². The number of aryl methyl sites for hydroxylation is 1. The fraction of sp³-hybridized carbons (Fsp3) is 0.100. The van der Waals surface area contributed by atoms with Crippen molar-refractivity contribution in [3.8, 4) is 17.2 Å². The van der Waals surface area contributed by atoms with Crippen LogP contribution in [0, 0.1) is 6.92 Å². The maximum Gasteiger partial charge on any atom is 0.263 e. The number of hydrogen-bond acceptors (Lipinski definition) is 4. The number of nitrogens with one attached hydrogen (secondary N) is 1. The topological polar surface area (TPSA) is 60.5 Å². The van der Waals surface area contributed by atoms with Gasteiger partial charge < -0.3 is 14.8 Å². The van der Waals surface area contributed by atoms with Crippen molar-refractivity contribution in [3.63, 3.8) is 0 Å². The van der Waals surface area contributed by atoms with Crippen molar-refractivity contribution < 1.29 is 14.3 Å². The highest BCUT2D eigenvalue weighted by Crippen LogP contribution is 2.24. The smallest absolute Gasteiger partial charge is 0.263 e. The Labute approximate surface area is 146 Å². The van der Waals surface area contributed by atoms with Crippen molar-refractivity contribution in [2.24, 2.45) is 0 Å². The number of ether oxygens (including phenoxy) is 2.